The fourth-order valence-electron chi connectivity index (χ4n) is 2.77. The van der Waals surface area contributed by atoms with E-state index in [2.05, 4.69) is 17.8 Å². The van der Waals surface area contributed by atoms with Gasteiger partial charge in [0.1, 0.15) is 17.7 Å². The number of hydrogen-bond donors (Lipinski definition) is 1. The first-order valence-electron chi connectivity index (χ1n) is 7.51. The largest absolute Gasteiger partial charge is 0.496 e. The van der Waals surface area contributed by atoms with E-state index in [9.17, 15) is 0 Å². The zero-order chi connectivity index (χ0) is 17.4. The molecule has 0 atom stereocenters. The molecule has 1 aliphatic rings. The van der Waals surface area contributed by atoms with Crippen molar-refractivity contribution < 1.29 is 23.5 Å². The third kappa shape index (κ3) is 2.66. The van der Waals surface area contributed by atoms with Crippen LogP contribution in [0.2, 0.25) is 0 Å². The molecule has 0 aliphatic carbocycles. The molecule has 128 valence electrons. The van der Waals surface area contributed by atoms with Crippen molar-refractivity contribution in [3.05, 3.63) is 36.6 Å². The average Bonchev–Trinajstić information content (AvgIpc) is 3.29. The number of methoxy groups -OCH3 is 2. The highest BCUT2D eigenvalue weighted by molar-refractivity contribution is 7.80. The lowest BCUT2D eigenvalue weighted by Crippen LogP contribution is -1.93. The predicted octanol–water partition coefficient (Wildman–Crippen LogP) is 4.04. The normalized spacial score (nSPS) is 12.3. The van der Waals surface area contributed by atoms with E-state index in [1.165, 1.54) is 0 Å². The molecule has 1 aliphatic heterocycles. The van der Waals surface area contributed by atoms with Crippen LogP contribution < -0.4 is 18.9 Å². The van der Waals surface area contributed by atoms with Gasteiger partial charge in [0.2, 0.25) is 12.5 Å². The zero-order valence-electron chi connectivity index (χ0n) is 13.6. The highest BCUT2D eigenvalue weighted by Crippen LogP contribution is 2.45. The van der Waals surface area contributed by atoms with Crippen molar-refractivity contribution in [1.82, 2.24) is 5.16 Å². The number of fused-ring (bicyclic) bond motifs is 1. The molecule has 25 heavy (non-hydrogen) atoms. The van der Waals surface area contributed by atoms with Gasteiger partial charge in [0.05, 0.1) is 14.2 Å². The van der Waals surface area contributed by atoms with Crippen LogP contribution in [0.15, 0.2) is 46.0 Å². The zero-order valence-corrected chi connectivity index (χ0v) is 14.5. The monoisotopic (exact) mass is 357 g/mol. The lowest BCUT2D eigenvalue weighted by atomic mass is 10.0. The maximum Gasteiger partial charge on any atom is 0.231 e. The quantitative estimate of drug-likeness (QED) is 0.711. The summed E-state index contributed by atoms with van der Waals surface area (Å²) in [5.74, 6) is 2.50. The van der Waals surface area contributed by atoms with Gasteiger partial charge in [-0.05, 0) is 29.8 Å². The maximum absolute atomic E-state index is 5.49. The highest BCUT2D eigenvalue weighted by atomic mass is 32.1. The summed E-state index contributed by atoms with van der Waals surface area (Å²) in [6.07, 6.45) is 1.60. The Balaban J connectivity index is 1.82. The minimum absolute atomic E-state index is 0.169. The van der Waals surface area contributed by atoms with Crippen LogP contribution in [0.5, 0.6) is 23.0 Å². The lowest BCUT2D eigenvalue weighted by Gasteiger charge is -2.09. The van der Waals surface area contributed by atoms with E-state index in [1.54, 1.807) is 20.5 Å². The van der Waals surface area contributed by atoms with Crippen LogP contribution in [0, 0.1) is 0 Å². The minimum atomic E-state index is 0.169. The molecule has 0 spiro atoms. The van der Waals surface area contributed by atoms with Crippen LogP contribution in [0.4, 0.5) is 0 Å². The number of thiol groups is 1. The van der Waals surface area contributed by atoms with Gasteiger partial charge in [0, 0.05) is 16.0 Å². The first kappa shape index (κ1) is 15.7. The van der Waals surface area contributed by atoms with Crippen LogP contribution in [0.3, 0.4) is 0 Å². The lowest BCUT2D eigenvalue weighted by molar-refractivity contribution is 0.171. The van der Waals surface area contributed by atoms with Crippen LogP contribution in [-0.4, -0.2) is 26.2 Å². The van der Waals surface area contributed by atoms with Gasteiger partial charge in [-0.1, -0.05) is 11.2 Å². The van der Waals surface area contributed by atoms with E-state index in [-0.39, 0.29) is 6.79 Å². The molecule has 0 saturated heterocycles. The van der Waals surface area contributed by atoms with E-state index in [1.807, 2.05) is 30.3 Å². The molecule has 4 rings (SSSR count). The number of ether oxygens (including phenoxy) is 4. The first-order chi connectivity index (χ1) is 12.2. The molecule has 0 N–H and O–H groups in total. The molecule has 0 bridgehead atoms. The molecule has 0 fully saturated rings. The average molecular weight is 357 g/mol. The molecule has 0 unspecified atom stereocenters. The molecule has 3 aromatic rings. The second-order valence-corrected chi connectivity index (χ2v) is 5.86. The van der Waals surface area contributed by atoms with E-state index < -0.39 is 0 Å². The van der Waals surface area contributed by atoms with Crippen LogP contribution in [0.25, 0.3) is 22.4 Å². The van der Waals surface area contributed by atoms with Crippen molar-refractivity contribution in [3.8, 4) is 45.4 Å². The summed E-state index contributed by atoms with van der Waals surface area (Å²) >= 11 is 4.45. The Bertz CT molecular complexity index is 937. The van der Waals surface area contributed by atoms with Crippen LogP contribution in [0.1, 0.15) is 0 Å². The van der Waals surface area contributed by atoms with Crippen molar-refractivity contribution in [2.75, 3.05) is 21.0 Å². The molecule has 7 heteroatoms. The van der Waals surface area contributed by atoms with Crippen molar-refractivity contribution in [2.24, 2.45) is 0 Å². The maximum atomic E-state index is 5.49. The number of hydrogen-bond acceptors (Lipinski definition) is 7. The van der Waals surface area contributed by atoms with Crippen LogP contribution >= 0.6 is 12.6 Å². The van der Waals surface area contributed by atoms with Crippen molar-refractivity contribution in [1.29, 1.82) is 0 Å². The second kappa shape index (κ2) is 6.25. The third-order valence-electron chi connectivity index (χ3n) is 3.99. The summed E-state index contributed by atoms with van der Waals surface area (Å²) in [6.45, 7) is 0.169. The predicted molar refractivity (Wildman–Crippen MR) is 93.9 cm³/mol. The molecular formula is C18H15NO5S. The fourth-order valence-corrected chi connectivity index (χ4v) is 3.08. The molecule has 1 aromatic heterocycles. The number of nitrogens with zero attached hydrogens (tertiary/aromatic N) is 1. The summed E-state index contributed by atoms with van der Waals surface area (Å²) in [5, 5.41) is 4.15. The van der Waals surface area contributed by atoms with E-state index in [4.69, 9.17) is 23.5 Å². The third-order valence-corrected chi connectivity index (χ3v) is 4.34. The molecular weight excluding hydrogens is 342 g/mol. The van der Waals surface area contributed by atoms with Gasteiger partial charge in [-0.2, -0.15) is 0 Å². The smallest absolute Gasteiger partial charge is 0.231 e. The van der Waals surface area contributed by atoms with Gasteiger partial charge >= 0.3 is 0 Å². The summed E-state index contributed by atoms with van der Waals surface area (Å²) in [5.41, 5.74) is 3.23. The summed E-state index contributed by atoms with van der Waals surface area (Å²) in [7, 11) is 3.19. The van der Waals surface area contributed by atoms with Crippen LogP contribution in [-0.2, 0) is 0 Å². The molecule has 2 aromatic carbocycles. The Kier molecular flexibility index (Phi) is 3.93. The Morgan fingerprint density at radius 1 is 1.00 bits per heavy atom. The van der Waals surface area contributed by atoms with Crippen molar-refractivity contribution >= 4 is 12.6 Å². The molecule has 0 saturated carbocycles. The number of aromatic nitrogens is 1. The molecule has 6 nitrogen and oxygen atoms in total. The minimum Gasteiger partial charge on any atom is -0.496 e. The molecule has 2 heterocycles. The second-order valence-electron chi connectivity index (χ2n) is 5.38. The standard InChI is InChI=1S/C18H15NO5S/c1-20-13-4-3-10(7-16(13)25)12-8-24-19-17(12)11-5-14(21-2)18-15(6-11)22-9-23-18/h3-8,25H,9H2,1-2H3. The van der Waals surface area contributed by atoms with Crippen molar-refractivity contribution in [2.45, 2.75) is 4.90 Å². The van der Waals surface area contributed by atoms with Gasteiger partial charge in [-0.3, -0.25) is 0 Å². The van der Waals surface area contributed by atoms with Gasteiger partial charge < -0.3 is 23.5 Å². The fraction of sp³-hybridized carbons (Fsp3) is 0.167. The van der Waals surface area contributed by atoms with E-state index in [0.29, 0.717) is 28.7 Å². The number of benzene rings is 2. The summed E-state index contributed by atoms with van der Waals surface area (Å²) in [4.78, 5) is 0.732. The van der Waals surface area contributed by atoms with Gasteiger partial charge in [0.15, 0.2) is 11.5 Å². The summed E-state index contributed by atoms with van der Waals surface area (Å²) < 4.78 is 26.8. The van der Waals surface area contributed by atoms with E-state index >= 15 is 0 Å². The summed E-state index contributed by atoms with van der Waals surface area (Å²) in [6, 6.07) is 9.40. The molecule has 0 amide bonds. The molecule has 0 radical (unpaired) electrons. The van der Waals surface area contributed by atoms with Gasteiger partial charge in [-0.15, -0.1) is 12.6 Å². The highest BCUT2D eigenvalue weighted by Gasteiger charge is 2.23. The van der Waals surface area contributed by atoms with E-state index in [0.717, 1.165) is 21.6 Å². The SMILES string of the molecule is COc1ccc(-c2conc2-c2cc(OC)c3c(c2)OCO3)cc1S. The topological polar surface area (TPSA) is 63.0 Å². The number of rotatable bonds is 4. The first-order valence-corrected chi connectivity index (χ1v) is 7.95. The Labute approximate surface area is 149 Å². The Morgan fingerprint density at radius 2 is 1.84 bits per heavy atom. The van der Waals surface area contributed by atoms with Crippen molar-refractivity contribution in [3.63, 3.8) is 0 Å². The Hall–Kier alpha value is -2.80. The van der Waals surface area contributed by atoms with Gasteiger partial charge in [0.25, 0.3) is 0 Å². The van der Waals surface area contributed by atoms with Gasteiger partial charge in [-0.25, -0.2) is 0 Å². The Morgan fingerprint density at radius 3 is 2.60 bits per heavy atom.